The van der Waals surface area contributed by atoms with E-state index in [1.165, 1.54) is 4.90 Å². The second-order valence-corrected chi connectivity index (χ2v) is 7.14. The summed E-state index contributed by atoms with van der Waals surface area (Å²) in [4.78, 5) is 39.9. The minimum absolute atomic E-state index is 0.125. The molecule has 23 heavy (non-hydrogen) atoms. The molecule has 3 atom stereocenters. The molecule has 2 saturated heterocycles. The fraction of sp³-hybridized carbons (Fsp3) is 0.438. The second-order valence-electron chi connectivity index (χ2n) is 6.03. The van der Waals surface area contributed by atoms with Crippen molar-refractivity contribution in [1.82, 2.24) is 9.80 Å². The van der Waals surface area contributed by atoms with Gasteiger partial charge in [0.1, 0.15) is 17.5 Å². The van der Waals surface area contributed by atoms with Gasteiger partial charge in [-0.1, -0.05) is 18.2 Å². The molecule has 7 heteroatoms. The molecule has 6 nitrogen and oxygen atoms in total. The van der Waals surface area contributed by atoms with Crippen molar-refractivity contribution < 1.29 is 19.5 Å². The molecule has 1 aromatic carbocycles. The van der Waals surface area contributed by atoms with Gasteiger partial charge >= 0.3 is 5.97 Å². The third-order valence-corrected chi connectivity index (χ3v) is 6.10. The van der Waals surface area contributed by atoms with Crippen LogP contribution in [0.3, 0.4) is 0 Å². The Morgan fingerprint density at radius 2 is 2.00 bits per heavy atom. The van der Waals surface area contributed by atoms with Crippen LogP contribution in [-0.4, -0.2) is 57.1 Å². The zero-order valence-corrected chi connectivity index (χ0v) is 13.2. The summed E-state index contributed by atoms with van der Waals surface area (Å²) in [6, 6.07) is 6.10. The van der Waals surface area contributed by atoms with Crippen molar-refractivity contribution in [2.45, 2.75) is 30.3 Å². The first-order valence-electron chi connectivity index (χ1n) is 7.66. The summed E-state index contributed by atoms with van der Waals surface area (Å²) < 4.78 is 0. The van der Waals surface area contributed by atoms with E-state index in [-0.39, 0.29) is 17.2 Å². The fourth-order valence-corrected chi connectivity index (χ4v) is 5.17. The van der Waals surface area contributed by atoms with Crippen LogP contribution in [0.1, 0.15) is 34.1 Å². The minimum atomic E-state index is -0.964. The summed E-state index contributed by atoms with van der Waals surface area (Å²) in [7, 11) is 0. The highest BCUT2D eigenvalue weighted by Gasteiger charge is 2.50. The van der Waals surface area contributed by atoms with Crippen molar-refractivity contribution in [1.29, 1.82) is 0 Å². The van der Waals surface area contributed by atoms with Crippen molar-refractivity contribution in [2.75, 3.05) is 12.3 Å². The third kappa shape index (κ3) is 2.06. The van der Waals surface area contributed by atoms with Crippen molar-refractivity contribution in [3.05, 3.63) is 35.4 Å². The number of hydrogen-bond donors (Lipinski definition) is 1. The molecule has 4 rings (SSSR count). The van der Waals surface area contributed by atoms with Crippen LogP contribution in [0.2, 0.25) is 0 Å². The summed E-state index contributed by atoms with van der Waals surface area (Å²) in [5.74, 6) is -0.799. The number of benzene rings is 1. The van der Waals surface area contributed by atoms with Crippen LogP contribution in [0.25, 0.3) is 0 Å². The monoisotopic (exact) mass is 332 g/mol. The van der Waals surface area contributed by atoms with Crippen molar-refractivity contribution in [2.24, 2.45) is 0 Å². The fourth-order valence-electron chi connectivity index (χ4n) is 3.71. The maximum Gasteiger partial charge on any atom is 0.326 e. The average Bonchev–Trinajstić information content (AvgIpc) is 3.24. The lowest BCUT2D eigenvalue weighted by Crippen LogP contribution is -2.51. The molecule has 1 unspecified atom stereocenters. The van der Waals surface area contributed by atoms with Crippen LogP contribution >= 0.6 is 11.8 Å². The topological polar surface area (TPSA) is 77.9 Å². The van der Waals surface area contributed by atoms with Crippen LogP contribution in [0.4, 0.5) is 0 Å². The standard InChI is InChI=1S/C16H16N2O4S/c19-13-9-4-1-2-5-10(9)15-18(13)12(8-23-15)14(20)17-7-3-6-11(17)16(21)22/h1-2,4-5,11-12,15H,3,6-8H2,(H,21,22)/t11-,12+,15?/m1/s1. The summed E-state index contributed by atoms with van der Waals surface area (Å²) >= 11 is 1.57. The van der Waals surface area contributed by atoms with E-state index in [0.717, 1.165) is 5.56 Å². The maximum absolute atomic E-state index is 12.9. The molecular weight excluding hydrogens is 316 g/mol. The SMILES string of the molecule is O=C(O)[C@H]1CCCN1C(=O)[C@@H]1CSC2c3ccccc3C(=O)N21. The van der Waals surface area contributed by atoms with Gasteiger partial charge in [-0.05, 0) is 24.5 Å². The first kappa shape index (κ1) is 14.6. The van der Waals surface area contributed by atoms with Crippen LogP contribution in [0, 0.1) is 0 Å². The zero-order chi connectivity index (χ0) is 16.1. The maximum atomic E-state index is 12.9. The Morgan fingerprint density at radius 3 is 2.78 bits per heavy atom. The largest absolute Gasteiger partial charge is 0.480 e. The first-order valence-corrected chi connectivity index (χ1v) is 8.71. The number of carbonyl (C=O) groups excluding carboxylic acids is 2. The Hall–Kier alpha value is -2.02. The molecule has 1 N–H and O–H groups in total. The molecule has 0 aromatic heterocycles. The number of carbonyl (C=O) groups is 3. The van der Waals surface area contributed by atoms with E-state index in [4.69, 9.17) is 0 Å². The number of rotatable bonds is 2. The number of amides is 2. The minimum Gasteiger partial charge on any atom is -0.480 e. The number of nitrogens with zero attached hydrogens (tertiary/aromatic N) is 2. The van der Waals surface area contributed by atoms with Gasteiger partial charge in [0.05, 0.1) is 0 Å². The van der Waals surface area contributed by atoms with Crippen LogP contribution < -0.4 is 0 Å². The van der Waals surface area contributed by atoms with Gasteiger partial charge in [-0.15, -0.1) is 11.8 Å². The number of thioether (sulfide) groups is 1. The molecule has 0 radical (unpaired) electrons. The van der Waals surface area contributed by atoms with E-state index in [9.17, 15) is 19.5 Å². The lowest BCUT2D eigenvalue weighted by Gasteiger charge is -2.29. The van der Waals surface area contributed by atoms with Crippen molar-refractivity contribution in [3.8, 4) is 0 Å². The number of carboxylic acid groups (broad SMARTS) is 1. The van der Waals surface area contributed by atoms with E-state index < -0.39 is 18.1 Å². The molecule has 3 aliphatic heterocycles. The molecule has 1 aromatic rings. The summed E-state index contributed by atoms with van der Waals surface area (Å²) in [6.07, 6.45) is 1.18. The summed E-state index contributed by atoms with van der Waals surface area (Å²) in [5.41, 5.74) is 1.60. The predicted molar refractivity (Wildman–Crippen MR) is 84.0 cm³/mol. The average molecular weight is 332 g/mol. The van der Waals surface area contributed by atoms with E-state index in [1.54, 1.807) is 22.7 Å². The lowest BCUT2D eigenvalue weighted by atomic mass is 10.1. The van der Waals surface area contributed by atoms with Gasteiger partial charge in [0.2, 0.25) is 5.91 Å². The third-order valence-electron chi connectivity index (χ3n) is 4.80. The Morgan fingerprint density at radius 1 is 1.22 bits per heavy atom. The van der Waals surface area contributed by atoms with Gasteiger partial charge in [0.15, 0.2) is 0 Å². The van der Waals surface area contributed by atoms with Crippen molar-refractivity contribution >= 4 is 29.5 Å². The Bertz CT molecular complexity index is 707. The van der Waals surface area contributed by atoms with Crippen LogP contribution in [0.15, 0.2) is 24.3 Å². The molecule has 2 fully saturated rings. The number of fused-ring (bicyclic) bond motifs is 3. The number of carboxylic acids is 1. The smallest absolute Gasteiger partial charge is 0.326 e. The second kappa shape index (κ2) is 5.26. The number of aliphatic carboxylic acids is 1. The van der Waals surface area contributed by atoms with Gasteiger partial charge in [-0.25, -0.2) is 4.79 Å². The molecule has 3 aliphatic rings. The Balaban J connectivity index is 1.62. The Kier molecular flexibility index (Phi) is 3.33. The molecule has 0 bridgehead atoms. The number of hydrogen-bond acceptors (Lipinski definition) is 4. The molecule has 0 spiro atoms. The van der Waals surface area contributed by atoms with E-state index in [1.807, 2.05) is 18.2 Å². The van der Waals surface area contributed by atoms with Gasteiger partial charge < -0.3 is 14.9 Å². The van der Waals surface area contributed by atoms with Gasteiger partial charge in [-0.3, -0.25) is 9.59 Å². The van der Waals surface area contributed by atoms with Gasteiger partial charge in [-0.2, -0.15) is 0 Å². The van der Waals surface area contributed by atoms with Crippen molar-refractivity contribution in [3.63, 3.8) is 0 Å². The van der Waals surface area contributed by atoms with Gasteiger partial charge in [0.25, 0.3) is 5.91 Å². The summed E-state index contributed by atoms with van der Waals surface area (Å²) in [5, 5.41) is 9.15. The molecule has 0 aliphatic carbocycles. The van der Waals surface area contributed by atoms with Crippen LogP contribution in [-0.2, 0) is 9.59 Å². The highest BCUT2D eigenvalue weighted by molar-refractivity contribution is 7.99. The normalized spacial score (nSPS) is 28.9. The molecular formula is C16H16N2O4S. The van der Waals surface area contributed by atoms with Crippen LogP contribution in [0.5, 0.6) is 0 Å². The zero-order valence-electron chi connectivity index (χ0n) is 12.3. The Labute approximate surface area is 137 Å². The van der Waals surface area contributed by atoms with E-state index >= 15 is 0 Å². The van der Waals surface area contributed by atoms with E-state index in [0.29, 0.717) is 30.7 Å². The highest BCUT2D eigenvalue weighted by atomic mass is 32.2. The quantitative estimate of drug-likeness (QED) is 0.884. The lowest BCUT2D eigenvalue weighted by molar-refractivity contribution is -0.149. The molecule has 3 heterocycles. The number of likely N-dealkylation sites (tertiary alicyclic amines) is 1. The predicted octanol–water partition coefficient (Wildman–Crippen LogP) is 1.33. The molecule has 2 amide bonds. The molecule has 0 saturated carbocycles. The highest BCUT2D eigenvalue weighted by Crippen LogP contribution is 2.48. The van der Waals surface area contributed by atoms with Gasteiger partial charge in [0, 0.05) is 17.9 Å². The summed E-state index contributed by atoms with van der Waals surface area (Å²) in [6.45, 7) is 0.455. The first-order chi connectivity index (χ1) is 11.1. The molecule has 120 valence electrons. The van der Waals surface area contributed by atoms with E-state index in [2.05, 4.69) is 0 Å².